The van der Waals surface area contributed by atoms with Crippen LogP contribution in [0.5, 0.6) is 0 Å². The van der Waals surface area contributed by atoms with Crippen molar-refractivity contribution in [3.63, 3.8) is 0 Å². The van der Waals surface area contributed by atoms with E-state index in [9.17, 15) is 4.79 Å². The van der Waals surface area contributed by atoms with Crippen LogP contribution in [0, 0.1) is 6.92 Å². The number of hydrogen-bond acceptors (Lipinski definition) is 4. The van der Waals surface area contributed by atoms with Gasteiger partial charge in [0.05, 0.1) is 17.3 Å². The van der Waals surface area contributed by atoms with E-state index in [0.717, 1.165) is 42.8 Å². The standard InChI is InChI=1S/C17H18N4OS/c1-12-10-14(19-17-18-6-8-20(12)17)15-4-2-3-7-21(15)16(22)13-5-9-23-11-13/h5-6,8-11,15H,2-4,7H2,1H3/t15-/m1/s1. The van der Waals surface area contributed by atoms with Gasteiger partial charge in [0, 0.05) is 30.0 Å². The predicted molar refractivity (Wildman–Crippen MR) is 89.7 cm³/mol. The minimum Gasteiger partial charge on any atom is -0.330 e. The molecule has 5 nitrogen and oxygen atoms in total. The summed E-state index contributed by atoms with van der Waals surface area (Å²) >= 11 is 1.56. The Bertz CT molecular complexity index is 840. The lowest BCUT2D eigenvalue weighted by atomic mass is 9.98. The lowest BCUT2D eigenvalue weighted by Gasteiger charge is -2.35. The molecule has 4 rings (SSSR count). The van der Waals surface area contributed by atoms with Crippen LogP contribution in [-0.2, 0) is 0 Å². The number of carbonyl (C=O) groups is 1. The molecular formula is C17H18N4OS. The van der Waals surface area contributed by atoms with Crippen molar-refractivity contribution in [1.29, 1.82) is 0 Å². The number of carbonyl (C=O) groups excluding carboxylic acids is 1. The van der Waals surface area contributed by atoms with Crippen molar-refractivity contribution in [2.75, 3.05) is 6.54 Å². The van der Waals surface area contributed by atoms with Crippen LogP contribution in [0.4, 0.5) is 0 Å². The molecule has 0 bridgehead atoms. The SMILES string of the molecule is Cc1cc([C@H]2CCCCN2C(=O)c2ccsc2)nc2nccn12. The number of thiophene rings is 1. The second kappa shape index (κ2) is 5.77. The zero-order valence-corrected chi connectivity index (χ0v) is 13.8. The van der Waals surface area contributed by atoms with Crippen LogP contribution in [0.15, 0.2) is 35.3 Å². The summed E-state index contributed by atoms with van der Waals surface area (Å²) < 4.78 is 1.97. The van der Waals surface area contributed by atoms with Gasteiger partial charge >= 0.3 is 0 Å². The maximum absolute atomic E-state index is 12.8. The maximum atomic E-state index is 12.8. The highest BCUT2D eigenvalue weighted by Gasteiger charge is 2.30. The predicted octanol–water partition coefficient (Wildman–Crippen LogP) is 3.47. The van der Waals surface area contributed by atoms with Crippen LogP contribution in [0.1, 0.15) is 47.1 Å². The molecule has 1 aliphatic heterocycles. The number of aromatic nitrogens is 3. The first-order chi connectivity index (χ1) is 11.2. The molecular weight excluding hydrogens is 308 g/mol. The Balaban J connectivity index is 1.73. The zero-order chi connectivity index (χ0) is 15.8. The minimum atomic E-state index is 0.0385. The number of fused-ring (bicyclic) bond motifs is 1. The highest BCUT2D eigenvalue weighted by molar-refractivity contribution is 7.08. The number of hydrogen-bond donors (Lipinski definition) is 0. The summed E-state index contributed by atoms with van der Waals surface area (Å²) in [7, 11) is 0. The molecule has 0 radical (unpaired) electrons. The summed E-state index contributed by atoms with van der Waals surface area (Å²) in [6.07, 6.45) is 6.81. The number of amides is 1. The largest absolute Gasteiger partial charge is 0.330 e. The molecule has 23 heavy (non-hydrogen) atoms. The summed E-state index contributed by atoms with van der Waals surface area (Å²) in [5.74, 6) is 0.812. The van der Waals surface area contributed by atoms with Crippen molar-refractivity contribution in [2.24, 2.45) is 0 Å². The van der Waals surface area contributed by atoms with E-state index < -0.39 is 0 Å². The molecule has 3 aromatic rings. The van der Waals surface area contributed by atoms with Gasteiger partial charge in [-0.2, -0.15) is 11.3 Å². The quantitative estimate of drug-likeness (QED) is 0.724. The van der Waals surface area contributed by atoms with Gasteiger partial charge in [-0.3, -0.25) is 9.20 Å². The number of piperidine rings is 1. The van der Waals surface area contributed by atoms with Gasteiger partial charge in [0.25, 0.3) is 5.91 Å². The molecule has 1 aliphatic rings. The van der Waals surface area contributed by atoms with E-state index in [1.165, 1.54) is 0 Å². The average molecular weight is 326 g/mol. The van der Waals surface area contributed by atoms with E-state index in [1.54, 1.807) is 17.5 Å². The second-order valence-corrected chi connectivity index (χ2v) is 6.72. The molecule has 0 saturated carbocycles. The maximum Gasteiger partial charge on any atom is 0.255 e. The second-order valence-electron chi connectivity index (χ2n) is 5.94. The summed E-state index contributed by atoms with van der Waals surface area (Å²) in [4.78, 5) is 23.8. The Morgan fingerprint density at radius 3 is 3.13 bits per heavy atom. The molecule has 4 heterocycles. The van der Waals surface area contributed by atoms with E-state index in [4.69, 9.17) is 4.98 Å². The summed E-state index contributed by atoms with van der Waals surface area (Å²) in [6.45, 7) is 2.84. The third-order valence-electron chi connectivity index (χ3n) is 4.46. The number of nitrogens with zero attached hydrogens (tertiary/aromatic N) is 4. The molecule has 0 unspecified atom stereocenters. The Morgan fingerprint density at radius 1 is 1.39 bits per heavy atom. The Morgan fingerprint density at radius 2 is 2.30 bits per heavy atom. The van der Waals surface area contributed by atoms with Gasteiger partial charge in [-0.1, -0.05) is 0 Å². The first-order valence-electron chi connectivity index (χ1n) is 7.88. The first-order valence-corrected chi connectivity index (χ1v) is 8.82. The monoisotopic (exact) mass is 326 g/mol. The van der Waals surface area contributed by atoms with Crippen molar-refractivity contribution in [2.45, 2.75) is 32.2 Å². The fourth-order valence-corrected chi connectivity index (χ4v) is 3.92. The fraction of sp³-hybridized carbons (Fsp3) is 0.353. The molecule has 0 aliphatic carbocycles. The van der Waals surface area contributed by atoms with Crippen molar-refractivity contribution in [1.82, 2.24) is 19.3 Å². The van der Waals surface area contributed by atoms with Crippen LogP contribution in [0.3, 0.4) is 0 Å². The molecule has 0 spiro atoms. The lowest BCUT2D eigenvalue weighted by molar-refractivity contribution is 0.0606. The Hall–Kier alpha value is -2.21. The molecule has 1 atom stereocenters. The van der Waals surface area contributed by atoms with E-state index in [1.807, 2.05) is 39.2 Å². The number of aryl methyl sites for hydroxylation is 1. The topological polar surface area (TPSA) is 50.5 Å². The lowest BCUT2D eigenvalue weighted by Crippen LogP contribution is -2.38. The molecule has 1 saturated heterocycles. The van der Waals surface area contributed by atoms with Crippen LogP contribution in [-0.4, -0.2) is 31.7 Å². The molecule has 6 heteroatoms. The van der Waals surface area contributed by atoms with E-state index in [0.29, 0.717) is 5.78 Å². The van der Waals surface area contributed by atoms with E-state index in [2.05, 4.69) is 11.1 Å². The average Bonchev–Trinajstić information content (AvgIpc) is 3.25. The zero-order valence-electron chi connectivity index (χ0n) is 13.0. The van der Waals surface area contributed by atoms with Crippen molar-refractivity contribution in [3.05, 3.63) is 52.2 Å². The molecule has 0 N–H and O–H groups in total. The smallest absolute Gasteiger partial charge is 0.255 e. The van der Waals surface area contributed by atoms with Crippen LogP contribution in [0.2, 0.25) is 0 Å². The van der Waals surface area contributed by atoms with Gasteiger partial charge in [-0.25, -0.2) is 9.97 Å². The molecule has 3 aromatic heterocycles. The fourth-order valence-electron chi connectivity index (χ4n) is 3.29. The van der Waals surface area contributed by atoms with Crippen molar-refractivity contribution >= 4 is 23.0 Å². The highest BCUT2D eigenvalue weighted by Crippen LogP contribution is 2.32. The van der Waals surface area contributed by atoms with Gasteiger partial charge in [0.1, 0.15) is 0 Å². The van der Waals surface area contributed by atoms with Crippen LogP contribution >= 0.6 is 11.3 Å². The normalized spacial score (nSPS) is 18.5. The van der Waals surface area contributed by atoms with Gasteiger partial charge in [0.2, 0.25) is 5.78 Å². The van der Waals surface area contributed by atoms with Crippen molar-refractivity contribution < 1.29 is 4.79 Å². The highest BCUT2D eigenvalue weighted by atomic mass is 32.1. The number of rotatable bonds is 2. The molecule has 0 aromatic carbocycles. The van der Waals surface area contributed by atoms with E-state index in [-0.39, 0.29) is 11.9 Å². The third-order valence-corrected chi connectivity index (χ3v) is 5.14. The van der Waals surface area contributed by atoms with Crippen LogP contribution in [0.25, 0.3) is 5.78 Å². The van der Waals surface area contributed by atoms with Gasteiger partial charge in [-0.15, -0.1) is 0 Å². The van der Waals surface area contributed by atoms with E-state index >= 15 is 0 Å². The molecule has 118 valence electrons. The van der Waals surface area contributed by atoms with Gasteiger partial charge < -0.3 is 4.90 Å². The molecule has 1 fully saturated rings. The Kier molecular flexibility index (Phi) is 3.61. The van der Waals surface area contributed by atoms with Gasteiger partial charge in [-0.05, 0) is 43.7 Å². The van der Waals surface area contributed by atoms with Crippen LogP contribution < -0.4 is 0 Å². The summed E-state index contributed by atoms with van der Waals surface area (Å²) in [5.41, 5.74) is 2.82. The Labute approximate surface area is 138 Å². The summed E-state index contributed by atoms with van der Waals surface area (Å²) in [5, 5.41) is 3.87. The first kappa shape index (κ1) is 14.4. The molecule has 1 amide bonds. The summed E-state index contributed by atoms with van der Waals surface area (Å²) in [6, 6.07) is 4.02. The minimum absolute atomic E-state index is 0.0385. The van der Waals surface area contributed by atoms with Crippen molar-refractivity contribution in [3.8, 4) is 0 Å². The number of imidazole rings is 1. The van der Waals surface area contributed by atoms with Gasteiger partial charge in [0.15, 0.2) is 0 Å². The number of likely N-dealkylation sites (tertiary alicyclic amines) is 1. The third kappa shape index (κ3) is 2.53.